The smallest absolute Gasteiger partial charge is 0.170 e. The third kappa shape index (κ3) is 3.46. The summed E-state index contributed by atoms with van der Waals surface area (Å²) in [5, 5.41) is 3.25. The summed E-state index contributed by atoms with van der Waals surface area (Å²) >= 11 is 0. The predicted octanol–water partition coefficient (Wildman–Crippen LogP) is 1.86. The Bertz CT molecular complexity index is 447. The molecule has 1 aromatic rings. The van der Waals surface area contributed by atoms with Crippen LogP contribution in [0.3, 0.4) is 0 Å². The number of aromatic nitrogens is 1. The van der Waals surface area contributed by atoms with Gasteiger partial charge in [-0.05, 0) is 26.6 Å². The minimum atomic E-state index is -0.181. The van der Waals surface area contributed by atoms with Gasteiger partial charge in [0.2, 0.25) is 0 Å². The van der Waals surface area contributed by atoms with Crippen molar-refractivity contribution < 1.29 is 4.39 Å². The maximum atomic E-state index is 14.5. The third-order valence-electron chi connectivity index (χ3n) is 3.84. The van der Waals surface area contributed by atoms with Crippen molar-refractivity contribution in [1.82, 2.24) is 15.2 Å². The maximum Gasteiger partial charge on any atom is 0.170 e. The van der Waals surface area contributed by atoms with Crippen LogP contribution in [0.4, 0.5) is 10.2 Å². The SMILES string of the molecule is CC(C)NCc1ccnc(N2CCC(N(C)C)C2)c1F. The Morgan fingerprint density at radius 2 is 2.25 bits per heavy atom. The minimum Gasteiger partial charge on any atom is -0.353 e. The fourth-order valence-electron chi connectivity index (χ4n) is 2.50. The van der Waals surface area contributed by atoms with Gasteiger partial charge in [0.05, 0.1) is 0 Å². The maximum absolute atomic E-state index is 14.5. The molecule has 1 aliphatic heterocycles. The molecule has 0 bridgehead atoms. The number of hydrogen-bond acceptors (Lipinski definition) is 4. The highest BCUT2D eigenvalue weighted by atomic mass is 19.1. The number of anilines is 1. The van der Waals surface area contributed by atoms with Crippen molar-refractivity contribution in [3.63, 3.8) is 0 Å². The summed E-state index contributed by atoms with van der Waals surface area (Å²) in [6.45, 7) is 6.38. The lowest BCUT2D eigenvalue weighted by molar-refractivity contribution is 0.315. The van der Waals surface area contributed by atoms with Crippen molar-refractivity contribution in [2.24, 2.45) is 0 Å². The molecule has 5 heteroatoms. The van der Waals surface area contributed by atoms with Crippen LogP contribution < -0.4 is 10.2 Å². The van der Waals surface area contributed by atoms with Crippen LogP contribution in [-0.2, 0) is 6.54 Å². The Hall–Kier alpha value is -1.20. The van der Waals surface area contributed by atoms with Gasteiger partial charge in [-0.3, -0.25) is 0 Å². The number of likely N-dealkylation sites (N-methyl/N-ethyl adjacent to an activating group) is 1. The summed E-state index contributed by atoms with van der Waals surface area (Å²) in [5.74, 6) is 0.317. The third-order valence-corrected chi connectivity index (χ3v) is 3.84. The van der Waals surface area contributed by atoms with E-state index in [4.69, 9.17) is 0 Å². The summed E-state index contributed by atoms with van der Waals surface area (Å²) in [5.41, 5.74) is 0.692. The van der Waals surface area contributed by atoms with Crippen molar-refractivity contribution in [3.05, 3.63) is 23.6 Å². The zero-order valence-electron chi connectivity index (χ0n) is 12.9. The van der Waals surface area contributed by atoms with E-state index in [9.17, 15) is 4.39 Å². The molecule has 0 amide bonds. The van der Waals surface area contributed by atoms with Crippen LogP contribution in [0.2, 0.25) is 0 Å². The molecule has 4 nitrogen and oxygen atoms in total. The molecular formula is C15H25FN4. The number of pyridine rings is 1. The number of nitrogens with one attached hydrogen (secondary N) is 1. The number of halogens is 1. The summed E-state index contributed by atoms with van der Waals surface area (Å²) in [7, 11) is 4.14. The summed E-state index contributed by atoms with van der Waals surface area (Å²) in [6.07, 6.45) is 2.77. The topological polar surface area (TPSA) is 31.4 Å². The van der Waals surface area contributed by atoms with E-state index < -0.39 is 0 Å². The molecule has 0 spiro atoms. The van der Waals surface area contributed by atoms with Gasteiger partial charge >= 0.3 is 0 Å². The first-order valence-electron chi connectivity index (χ1n) is 7.27. The normalized spacial score (nSPS) is 19.4. The van der Waals surface area contributed by atoms with E-state index in [2.05, 4.69) is 48.0 Å². The largest absolute Gasteiger partial charge is 0.353 e. The van der Waals surface area contributed by atoms with Crippen molar-refractivity contribution in [2.75, 3.05) is 32.1 Å². The van der Waals surface area contributed by atoms with Gasteiger partial charge in [0.1, 0.15) is 0 Å². The quantitative estimate of drug-likeness (QED) is 0.892. The Morgan fingerprint density at radius 3 is 2.85 bits per heavy atom. The summed E-state index contributed by atoms with van der Waals surface area (Å²) in [4.78, 5) is 8.50. The van der Waals surface area contributed by atoms with Crippen LogP contribution in [-0.4, -0.2) is 49.2 Å². The fraction of sp³-hybridized carbons (Fsp3) is 0.667. The predicted molar refractivity (Wildman–Crippen MR) is 80.5 cm³/mol. The molecule has 2 heterocycles. The number of nitrogens with zero attached hydrogens (tertiary/aromatic N) is 3. The second-order valence-corrected chi connectivity index (χ2v) is 6.00. The van der Waals surface area contributed by atoms with Crippen LogP contribution >= 0.6 is 0 Å². The molecule has 0 aliphatic carbocycles. The molecular weight excluding hydrogens is 255 g/mol. The van der Waals surface area contributed by atoms with E-state index in [1.54, 1.807) is 12.3 Å². The highest BCUT2D eigenvalue weighted by molar-refractivity contribution is 5.44. The van der Waals surface area contributed by atoms with E-state index in [-0.39, 0.29) is 5.82 Å². The molecule has 1 N–H and O–H groups in total. The lowest BCUT2D eigenvalue weighted by Gasteiger charge is -2.22. The average molecular weight is 280 g/mol. The minimum absolute atomic E-state index is 0.181. The lowest BCUT2D eigenvalue weighted by atomic mass is 10.2. The van der Waals surface area contributed by atoms with Crippen LogP contribution in [0.25, 0.3) is 0 Å². The number of hydrogen-bond donors (Lipinski definition) is 1. The Morgan fingerprint density at radius 1 is 1.50 bits per heavy atom. The van der Waals surface area contributed by atoms with E-state index in [1.165, 1.54) is 0 Å². The van der Waals surface area contributed by atoms with E-state index in [0.717, 1.165) is 19.5 Å². The Kier molecular flexibility index (Phi) is 4.94. The van der Waals surface area contributed by atoms with Crippen LogP contribution in [0, 0.1) is 5.82 Å². The number of rotatable bonds is 5. The average Bonchev–Trinajstić information content (AvgIpc) is 2.87. The first-order chi connectivity index (χ1) is 9.49. The fourth-order valence-corrected chi connectivity index (χ4v) is 2.50. The second-order valence-electron chi connectivity index (χ2n) is 6.00. The van der Waals surface area contributed by atoms with Crippen molar-refractivity contribution >= 4 is 5.82 Å². The van der Waals surface area contributed by atoms with Gasteiger partial charge in [0, 0.05) is 43.5 Å². The molecule has 1 saturated heterocycles. The van der Waals surface area contributed by atoms with Crippen molar-refractivity contribution in [2.45, 2.75) is 38.9 Å². The van der Waals surface area contributed by atoms with Gasteiger partial charge in [0.25, 0.3) is 0 Å². The first-order valence-corrected chi connectivity index (χ1v) is 7.27. The molecule has 1 aromatic heterocycles. The molecule has 0 saturated carbocycles. The van der Waals surface area contributed by atoms with Crippen LogP contribution in [0.5, 0.6) is 0 Å². The molecule has 1 unspecified atom stereocenters. The van der Waals surface area contributed by atoms with E-state index in [1.807, 2.05) is 0 Å². The Labute approximate surface area is 121 Å². The highest BCUT2D eigenvalue weighted by Gasteiger charge is 2.27. The molecule has 0 radical (unpaired) electrons. The van der Waals surface area contributed by atoms with Gasteiger partial charge in [0.15, 0.2) is 11.6 Å². The molecule has 1 atom stereocenters. The van der Waals surface area contributed by atoms with Crippen molar-refractivity contribution in [1.29, 1.82) is 0 Å². The standard InChI is InChI=1S/C15H25FN4/c1-11(2)18-9-12-5-7-17-15(14(12)16)20-8-6-13(10-20)19(3)4/h5,7,11,13,18H,6,8-10H2,1-4H3. The van der Waals surface area contributed by atoms with Crippen molar-refractivity contribution in [3.8, 4) is 0 Å². The molecule has 1 fully saturated rings. The Balaban J connectivity index is 2.11. The molecule has 1 aliphatic rings. The highest BCUT2D eigenvalue weighted by Crippen LogP contribution is 2.24. The van der Waals surface area contributed by atoms with Gasteiger partial charge < -0.3 is 15.1 Å². The molecule has 2 rings (SSSR count). The summed E-state index contributed by atoms with van der Waals surface area (Å²) < 4.78 is 14.5. The molecule has 0 aromatic carbocycles. The van der Waals surface area contributed by atoms with Crippen LogP contribution in [0.1, 0.15) is 25.8 Å². The van der Waals surface area contributed by atoms with Gasteiger partial charge in [-0.2, -0.15) is 0 Å². The molecule has 112 valence electrons. The first kappa shape index (κ1) is 15.2. The summed E-state index contributed by atoms with van der Waals surface area (Å²) in [6, 6.07) is 2.58. The van der Waals surface area contributed by atoms with Gasteiger partial charge in [-0.15, -0.1) is 0 Å². The zero-order chi connectivity index (χ0) is 14.7. The van der Waals surface area contributed by atoms with E-state index >= 15 is 0 Å². The van der Waals surface area contributed by atoms with Gasteiger partial charge in [-0.25, -0.2) is 9.37 Å². The molecule has 20 heavy (non-hydrogen) atoms. The van der Waals surface area contributed by atoms with Gasteiger partial charge in [-0.1, -0.05) is 13.8 Å². The lowest BCUT2D eigenvalue weighted by Crippen LogP contribution is -2.32. The monoisotopic (exact) mass is 280 g/mol. The zero-order valence-corrected chi connectivity index (χ0v) is 12.9. The second kappa shape index (κ2) is 6.50. The van der Waals surface area contributed by atoms with Crippen LogP contribution in [0.15, 0.2) is 12.3 Å². The van der Waals surface area contributed by atoms with E-state index in [0.29, 0.717) is 30.0 Å².